The van der Waals surface area contributed by atoms with Crippen molar-refractivity contribution in [1.82, 2.24) is 15.8 Å². The van der Waals surface area contributed by atoms with E-state index in [9.17, 15) is 22.8 Å². The molecular weight excluding hydrogens is 403 g/mol. The second-order valence-electron chi connectivity index (χ2n) is 5.79. The van der Waals surface area contributed by atoms with Crippen molar-refractivity contribution in [2.24, 2.45) is 0 Å². The molecule has 154 valence electrons. The fourth-order valence-corrected chi connectivity index (χ4v) is 2.31. The van der Waals surface area contributed by atoms with Gasteiger partial charge in [0.05, 0.1) is 0 Å². The zero-order valence-corrected chi connectivity index (χ0v) is 15.1. The van der Waals surface area contributed by atoms with Gasteiger partial charge in [0, 0.05) is 23.5 Å². The number of aromatic nitrogens is 1. The molecular formula is C20H14F3N3O4. The monoisotopic (exact) mass is 417 g/mol. The maximum atomic E-state index is 12.3. The number of rotatable bonds is 5. The average Bonchev–Trinajstić information content (AvgIpc) is 2.72. The first-order valence-corrected chi connectivity index (χ1v) is 8.44. The zero-order chi connectivity index (χ0) is 21.6. The van der Waals surface area contributed by atoms with Gasteiger partial charge in [0.15, 0.2) is 0 Å². The van der Waals surface area contributed by atoms with Gasteiger partial charge in [0.1, 0.15) is 17.2 Å². The molecule has 3 rings (SSSR count). The number of carbonyl (C=O) groups is 2. The number of hydrazine groups is 1. The second kappa shape index (κ2) is 8.95. The lowest BCUT2D eigenvalue weighted by Crippen LogP contribution is -2.41. The summed E-state index contributed by atoms with van der Waals surface area (Å²) in [5.74, 6) is -0.852. The van der Waals surface area contributed by atoms with Crippen LogP contribution in [0, 0.1) is 0 Å². The van der Waals surface area contributed by atoms with Crippen LogP contribution in [0.2, 0.25) is 0 Å². The van der Waals surface area contributed by atoms with E-state index in [1.54, 1.807) is 36.7 Å². The highest BCUT2D eigenvalue weighted by atomic mass is 19.4. The second-order valence-corrected chi connectivity index (χ2v) is 5.79. The Morgan fingerprint density at radius 1 is 0.767 bits per heavy atom. The number of hydrogen-bond donors (Lipinski definition) is 2. The molecule has 2 amide bonds. The van der Waals surface area contributed by atoms with Crippen LogP contribution in [-0.2, 0) is 0 Å². The fourth-order valence-electron chi connectivity index (χ4n) is 2.31. The summed E-state index contributed by atoms with van der Waals surface area (Å²) in [6, 6.07) is 13.8. The van der Waals surface area contributed by atoms with Crippen LogP contribution in [0.5, 0.6) is 17.2 Å². The van der Waals surface area contributed by atoms with Gasteiger partial charge in [-0.1, -0.05) is 6.07 Å². The van der Waals surface area contributed by atoms with Gasteiger partial charge in [-0.2, -0.15) is 0 Å². The molecule has 0 aliphatic carbocycles. The van der Waals surface area contributed by atoms with Gasteiger partial charge in [0.2, 0.25) is 0 Å². The molecule has 0 aliphatic heterocycles. The largest absolute Gasteiger partial charge is 0.573 e. The quantitative estimate of drug-likeness (QED) is 0.616. The van der Waals surface area contributed by atoms with Gasteiger partial charge >= 0.3 is 6.36 Å². The van der Waals surface area contributed by atoms with E-state index in [0.29, 0.717) is 11.5 Å². The van der Waals surface area contributed by atoms with Crippen LogP contribution in [0.4, 0.5) is 13.2 Å². The highest BCUT2D eigenvalue weighted by Crippen LogP contribution is 2.23. The Balaban J connectivity index is 1.57. The van der Waals surface area contributed by atoms with Gasteiger partial charge in [-0.15, -0.1) is 13.2 Å². The third-order valence-electron chi connectivity index (χ3n) is 3.62. The van der Waals surface area contributed by atoms with Crippen LogP contribution >= 0.6 is 0 Å². The topological polar surface area (TPSA) is 89.6 Å². The Kier molecular flexibility index (Phi) is 6.16. The van der Waals surface area contributed by atoms with E-state index in [2.05, 4.69) is 20.6 Å². The number of hydrogen-bond acceptors (Lipinski definition) is 5. The third kappa shape index (κ3) is 5.96. The molecule has 7 nitrogen and oxygen atoms in total. The van der Waals surface area contributed by atoms with E-state index in [4.69, 9.17) is 4.74 Å². The number of carbonyl (C=O) groups excluding carboxylic acids is 2. The van der Waals surface area contributed by atoms with Crippen LogP contribution in [0.15, 0.2) is 73.1 Å². The molecule has 0 unspecified atom stereocenters. The molecule has 3 aromatic rings. The van der Waals surface area contributed by atoms with Crippen LogP contribution in [0.25, 0.3) is 0 Å². The SMILES string of the molecule is O=C(NNC(=O)c1cccc(Oc2ccncc2)c1)c1ccc(OC(F)(F)F)cc1. The highest BCUT2D eigenvalue weighted by Gasteiger charge is 2.31. The van der Waals surface area contributed by atoms with E-state index >= 15 is 0 Å². The van der Waals surface area contributed by atoms with Crippen molar-refractivity contribution in [3.05, 3.63) is 84.2 Å². The summed E-state index contributed by atoms with van der Waals surface area (Å²) in [5.41, 5.74) is 4.66. The standard InChI is InChI=1S/C20H14F3N3O4/c21-20(22,23)30-16-6-4-13(5-7-16)18(27)25-26-19(28)14-2-1-3-17(12-14)29-15-8-10-24-11-9-15/h1-12H,(H,25,27)(H,26,28). The minimum absolute atomic E-state index is 0.0274. The van der Waals surface area contributed by atoms with Crippen molar-refractivity contribution < 1.29 is 32.2 Å². The minimum Gasteiger partial charge on any atom is -0.457 e. The van der Waals surface area contributed by atoms with E-state index in [1.165, 1.54) is 12.1 Å². The van der Waals surface area contributed by atoms with E-state index < -0.39 is 23.9 Å². The fraction of sp³-hybridized carbons (Fsp3) is 0.0500. The number of amides is 2. The molecule has 30 heavy (non-hydrogen) atoms. The minimum atomic E-state index is -4.83. The van der Waals surface area contributed by atoms with Gasteiger partial charge in [-0.05, 0) is 54.6 Å². The summed E-state index contributed by atoms with van der Waals surface area (Å²) in [5, 5.41) is 0. The Morgan fingerprint density at radius 2 is 1.40 bits per heavy atom. The number of alkyl halides is 3. The summed E-state index contributed by atoms with van der Waals surface area (Å²) in [7, 11) is 0. The smallest absolute Gasteiger partial charge is 0.457 e. The van der Waals surface area contributed by atoms with Crippen molar-refractivity contribution in [2.45, 2.75) is 6.36 Å². The van der Waals surface area contributed by atoms with E-state index in [1.807, 2.05) is 0 Å². The van der Waals surface area contributed by atoms with Crippen molar-refractivity contribution in [3.8, 4) is 17.2 Å². The first kappa shape index (κ1) is 20.6. The molecule has 0 atom stereocenters. The number of nitrogens with one attached hydrogen (secondary N) is 2. The van der Waals surface area contributed by atoms with E-state index in [-0.39, 0.29) is 11.1 Å². The lowest BCUT2D eigenvalue weighted by molar-refractivity contribution is -0.274. The van der Waals surface area contributed by atoms with Crippen molar-refractivity contribution in [3.63, 3.8) is 0 Å². The van der Waals surface area contributed by atoms with Gasteiger partial charge < -0.3 is 9.47 Å². The number of nitrogens with zero attached hydrogens (tertiary/aromatic N) is 1. The molecule has 1 aromatic heterocycles. The average molecular weight is 417 g/mol. The first-order chi connectivity index (χ1) is 14.3. The molecule has 0 saturated heterocycles. The molecule has 2 N–H and O–H groups in total. The maximum Gasteiger partial charge on any atom is 0.573 e. The van der Waals surface area contributed by atoms with Gasteiger partial charge in [-0.3, -0.25) is 25.4 Å². The predicted molar refractivity (Wildman–Crippen MR) is 98.8 cm³/mol. The Hall–Kier alpha value is -4.08. The summed E-state index contributed by atoms with van der Waals surface area (Å²) in [6.07, 6.45) is -1.71. The normalized spacial score (nSPS) is 10.8. The van der Waals surface area contributed by atoms with Gasteiger partial charge in [-0.25, -0.2) is 0 Å². The molecule has 0 spiro atoms. The van der Waals surface area contributed by atoms with Crippen LogP contribution < -0.4 is 20.3 Å². The van der Waals surface area contributed by atoms with Crippen molar-refractivity contribution in [2.75, 3.05) is 0 Å². The highest BCUT2D eigenvalue weighted by molar-refractivity contribution is 5.99. The van der Waals surface area contributed by atoms with Crippen LogP contribution in [-0.4, -0.2) is 23.2 Å². The number of pyridine rings is 1. The summed E-state index contributed by atoms with van der Waals surface area (Å²) in [6.45, 7) is 0. The third-order valence-corrected chi connectivity index (χ3v) is 3.62. The summed E-state index contributed by atoms with van der Waals surface area (Å²) in [4.78, 5) is 28.2. The molecule has 10 heteroatoms. The first-order valence-electron chi connectivity index (χ1n) is 8.44. The summed E-state index contributed by atoms with van der Waals surface area (Å²) >= 11 is 0. The molecule has 0 radical (unpaired) electrons. The number of benzene rings is 2. The van der Waals surface area contributed by atoms with Crippen molar-refractivity contribution >= 4 is 11.8 Å². The lowest BCUT2D eigenvalue weighted by atomic mass is 10.2. The van der Waals surface area contributed by atoms with Crippen LogP contribution in [0.3, 0.4) is 0 Å². The van der Waals surface area contributed by atoms with Gasteiger partial charge in [0.25, 0.3) is 11.8 Å². The Labute approximate surface area is 168 Å². The lowest BCUT2D eigenvalue weighted by Gasteiger charge is -2.11. The molecule has 0 fully saturated rings. The molecule has 0 saturated carbocycles. The van der Waals surface area contributed by atoms with E-state index in [0.717, 1.165) is 24.3 Å². The Morgan fingerprint density at radius 3 is 2.03 bits per heavy atom. The molecule has 0 bridgehead atoms. The molecule has 0 aliphatic rings. The zero-order valence-electron chi connectivity index (χ0n) is 15.1. The number of ether oxygens (including phenoxy) is 2. The summed E-state index contributed by atoms with van der Waals surface area (Å²) < 4.78 is 45.8. The molecule has 2 aromatic carbocycles. The Bertz CT molecular complexity index is 1030. The maximum absolute atomic E-state index is 12.3. The van der Waals surface area contributed by atoms with Crippen LogP contribution in [0.1, 0.15) is 20.7 Å². The molecule has 1 heterocycles. The predicted octanol–water partition coefficient (Wildman–Crippen LogP) is 3.85. The number of halogens is 3. The van der Waals surface area contributed by atoms with Crippen molar-refractivity contribution in [1.29, 1.82) is 0 Å².